The van der Waals surface area contributed by atoms with E-state index < -0.39 is 21.5 Å². The van der Waals surface area contributed by atoms with Crippen molar-refractivity contribution in [3.05, 3.63) is 29.3 Å². The molecule has 0 aliphatic carbocycles. The van der Waals surface area contributed by atoms with Crippen LogP contribution < -0.4 is 5.32 Å². The smallest absolute Gasteiger partial charge is 0.239 e. The summed E-state index contributed by atoms with van der Waals surface area (Å²) in [6.45, 7) is 10.6. The highest BCUT2D eigenvalue weighted by atomic mass is 32.2. The van der Waals surface area contributed by atoms with Gasteiger partial charge in [0.05, 0.1) is 5.75 Å². The highest BCUT2D eigenvalue weighted by molar-refractivity contribution is 7.92. The van der Waals surface area contributed by atoms with E-state index in [4.69, 9.17) is 0 Å². The first-order chi connectivity index (χ1) is 17.7. The zero-order chi connectivity index (χ0) is 27.5. The molecule has 0 saturated heterocycles. The summed E-state index contributed by atoms with van der Waals surface area (Å²) >= 11 is 0. The fraction of sp³-hybridized carbons (Fsp3) is 0.781. The minimum absolute atomic E-state index is 0.0989. The van der Waals surface area contributed by atoms with Gasteiger partial charge >= 0.3 is 0 Å². The van der Waals surface area contributed by atoms with Gasteiger partial charge in [0.25, 0.3) is 0 Å². The van der Waals surface area contributed by atoms with Crippen molar-refractivity contribution in [1.82, 2.24) is 0 Å². The number of rotatable bonds is 22. The standard InChI is InChI=1S/C32H57NO3S/c1-6-7-8-9-10-11-12-13-14-15-16-17-18-19-20-21-25-37(35,36)26-31(34)33-32-29(27(2)3)23-22-24-30(32)28(4)5/h22-24,27-28H,6-21,25-26H2,1-5H3,(H,33,34). The third kappa shape index (κ3) is 15.6. The molecule has 1 amide bonds. The Morgan fingerprint density at radius 2 is 1.05 bits per heavy atom. The number of hydrogen-bond acceptors (Lipinski definition) is 3. The van der Waals surface area contributed by atoms with Gasteiger partial charge in [-0.1, -0.05) is 149 Å². The van der Waals surface area contributed by atoms with Crippen molar-refractivity contribution < 1.29 is 13.2 Å². The van der Waals surface area contributed by atoms with Crippen molar-refractivity contribution in [3.8, 4) is 0 Å². The molecule has 0 heterocycles. The molecule has 1 aromatic rings. The zero-order valence-electron chi connectivity index (χ0n) is 24.7. The Morgan fingerprint density at radius 1 is 0.676 bits per heavy atom. The molecule has 0 spiro atoms. The van der Waals surface area contributed by atoms with Gasteiger partial charge < -0.3 is 5.32 Å². The maximum absolute atomic E-state index is 12.7. The number of amides is 1. The van der Waals surface area contributed by atoms with Crippen molar-refractivity contribution in [1.29, 1.82) is 0 Å². The van der Waals surface area contributed by atoms with Gasteiger partial charge in [-0.05, 0) is 29.4 Å². The van der Waals surface area contributed by atoms with E-state index in [1.807, 2.05) is 18.2 Å². The minimum Gasteiger partial charge on any atom is -0.325 e. The van der Waals surface area contributed by atoms with Crippen LogP contribution in [-0.2, 0) is 14.6 Å². The number of para-hydroxylation sites is 1. The van der Waals surface area contributed by atoms with Crippen LogP contribution in [0.2, 0.25) is 0 Å². The molecule has 4 nitrogen and oxygen atoms in total. The summed E-state index contributed by atoms with van der Waals surface area (Å²) in [5.41, 5.74) is 2.89. The molecule has 1 N–H and O–H groups in total. The van der Waals surface area contributed by atoms with E-state index in [9.17, 15) is 13.2 Å². The Morgan fingerprint density at radius 3 is 1.43 bits per heavy atom. The SMILES string of the molecule is CCCCCCCCCCCCCCCCCCS(=O)(=O)CC(=O)Nc1c(C(C)C)cccc1C(C)C. The topological polar surface area (TPSA) is 63.2 Å². The second-order valence-electron chi connectivity index (χ2n) is 11.6. The fourth-order valence-electron chi connectivity index (χ4n) is 5.01. The molecular weight excluding hydrogens is 478 g/mol. The summed E-state index contributed by atoms with van der Waals surface area (Å²) < 4.78 is 25.1. The molecule has 0 aromatic heterocycles. The van der Waals surface area contributed by atoms with Gasteiger partial charge in [0.15, 0.2) is 9.84 Å². The second kappa shape index (κ2) is 19.7. The quantitative estimate of drug-likeness (QED) is 0.150. The molecule has 1 aromatic carbocycles. The average Bonchev–Trinajstić information content (AvgIpc) is 2.83. The van der Waals surface area contributed by atoms with Crippen molar-refractivity contribution in [3.63, 3.8) is 0 Å². The Labute approximate surface area is 229 Å². The van der Waals surface area contributed by atoms with Crippen molar-refractivity contribution in [2.45, 2.75) is 149 Å². The molecule has 0 aliphatic heterocycles. The molecule has 37 heavy (non-hydrogen) atoms. The van der Waals surface area contributed by atoms with Gasteiger partial charge in [-0.15, -0.1) is 0 Å². The molecule has 0 saturated carbocycles. The van der Waals surface area contributed by atoms with E-state index in [0.29, 0.717) is 6.42 Å². The highest BCUT2D eigenvalue weighted by Crippen LogP contribution is 2.32. The molecule has 0 fully saturated rings. The number of nitrogens with one attached hydrogen (secondary N) is 1. The van der Waals surface area contributed by atoms with Gasteiger partial charge in [0.1, 0.15) is 5.75 Å². The molecule has 5 heteroatoms. The molecular formula is C32H57NO3S. The molecule has 214 valence electrons. The molecule has 1 rings (SSSR count). The van der Waals surface area contributed by atoms with Crippen LogP contribution in [0.15, 0.2) is 18.2 Å². The molecule has 0 bridgehead atoms. The third-order valence-corrected chi connectivity index (χ3v) is 8.91. The molecule has 0 radical (unpaired) electrons. The van der Waals surface area contributed by atoms with E-state index in [-0.39, 0.29) is 17.6 Å². The lowest BCUT2D eigenvalue weighted by Gasteiger charge is -2.20. The van der Waals surface area contributed by atoms with E-state index in [1.54, 1.807) is 0 Å². The Bertz CT molecular complexity index is 819. The lowest BCUT2D eigenvalue weighted by atomic mass is 9.92. The van der Waals surface area contributed by atoms with E-state index in [2.05, 4.69) is 39.9 Å². The molecule has 0 unspecified atom stereocenters. The first kappa shape index (κ1) is 33.7. The van der Waals surface area contributed by atoms with Crippen LogP contribution in [-0.4, -0.2) is 25.8 Å². The zero-order valence-corrected chi connectivity index (χ0v) is 25.6. The summed E-state index contributed by atoms with van der Waals surface area (Å²) in [7, 11) is -3.40. The van der Waals surface area contributed by atoms with Crippen LogP contribution >= 0.6 is 0 Å². The van der Waals surface area contributed by atoms with E-state index in [0.717, 1.165) is 29.7 Å². The van der Waals surface area contributed by atoms with Crippen molar-refractivity contribution in [2.75, 3.05) is 16.8 Å². The Balaban J connectivity index is 2.18. The maximum atomic E-state index is 12.7. The number of benzene rings is 1. The summed E-state index contributed by atoms with van der Waals surface area (Å²) in [5, 5.41) is 2.94. The summed E-state index contributed by atoms with van der Waals surface area (Å²) in [6, 6.07) is 6.03. The van der Waals surface area contributed by atoms with Gasteiger partial charge in [0.2, 0.25) is 5.91 Å². The van der Waals surface area contributed by atoms with Gasteiger partial charge in [-0.3, -0.25) is 4.79 Å². The van der Waals surface area contributed by atoms with Crippen LogP contribution in [0.1, 0.15) is 160 Å². The normalized spacial score (nSPS) is 12.0. The fourth-order valence-corrected chi connectivity index (χ4v) is 6.27. The predicted molar refractivity (Wildman–Crippen MR) is 161 cm³/mol. The first-order valence-corrected chi connectivity index (χ1v) is 17.1. The Hall–Kier alpha value is -1.36. The number of hydrogen-bond donors (Lipinski definition) is 1. The monoisotopic (exact) mass is 535 g/mol. The molecule has 0 aliphatic rings. The van der Waals surface area contributed by atoms with Gasteiger partial charge in [0, 0.05) is 5.69 Å². The van der Waals surface area contributed by atoms with Gasteiger partial charge in [-0.2, -0.15) is 0 Å². The van der Waals surface area contributed by atoms with Crippen LogP contribution in [0.5, 0.6) is 0 Å². The predicted octanol–water partition coefficient (Wildman–Crippen LogP) is 9.55. The highest BCUT2D eigenvalue weighted by Gasteiger charge is 2.20. The van der Waals surface area contributed by atoms with Crippen LogP contribution in [0, 0.1) is 0 Å². The number of carbonyl (C=O) groups excluding carboxylic acids is 1. The number of anilines is 1. The van der Waals surface area contributed by atoms with Crippen LogP contribution in [0.4, 0.5) is 5.69 Å². The number of sulfone groups is 1. The summed E-state index contributed by atoms with van der Waals surface area (Å²) in [4.78, 5) is 12.7. The van der Waals surface area contributed by atoms with E-state index in [1.165, 1.54) is 83.5 Å². The van der Waals surface area contributed by atoms with Gasteiger partial charge in [-0.25, -0.2) is 8.42 Å². The summed E-state index contributed by atoms with van der Waals surface area (Å²) in [5.74, 6) is -0.268. The molecule has 0 atom stereocenters. The van der Waals surface area contributed by atoms with Crippen molar-refractivity contribution in [2.24, 2.45) is 0 Å². The third-order valence-electron chi connectivity index (χ3n) is 7.30. The minimum atomic E-state index is -3.40. The van der Waals surface area contributed by atoms with Crippen LogP contribution in [0.3, 0.4) is 0 Å². The number of unbranched alkanes of at least 4 members (excludes halogenated alkanes) is 15. The average molecular weight is 536 g/mol. The van der Waals surface area contributed by atoms with Crippen molar-refractivity contribution >= 4 is 21.4 Å². The largest absolute Gasteiger partial charge is 0.325 e. The lowest BCUT2D eigenvalue weighted by molar-refractivity contribution is -0.113. The first-order valence-electron chi connectivity index (χ1n) is 15.3. The summed E-state index contributed by atoms with van der Waals surface area (Å²) in [6.07, 6.45) is 20.2. The second-order valence-corrected chi connectivity index (χ2v) is 13.7. The van der Waals surface area contributed by atoms with Crippen LogP contribution in [0.25, 0.3) is 0 Å². The van der Waals surface area contributed by atoms with E-state index >= 15 is 0 Å². The number of carbonyl (C=O) groups is 1. The lowest BCUT2D eigenvalue weighted by Crippen LogP contribution is -2.26. The maximum Gasteiger partial charge on any atom is 0.239 e. The Kier molecular flexibility index (Phi) is 17.9.